The summed E-state index contributed by atoms with van der Waals surface area (Å²) in [6.07, 6.45) is 5.06. The SMILES string of the molecule is CCC1CCC2(C(=O)O)CCCN1C2. The lowest BCUT2D eigenvalue weighted by Crippen LogP contribution is -2.55. The van der Waals surface area contributed by atoms with Crippen LogP contribution in [0.1, 0.15) is 39.0 Å². The fourth-order valence-electron chi connectivity index (χ4n) is 3.05. The van der Waals surface area contributed by atoms with Gasteiger partial charge in [-0.2, -0.15) is 0 Å². The van der Waals surface area contributed by atoms with E-state index in [0.29, 0.717) is 6.04 Å². The zero-order chi connectivity index (χ0) is 10.2. The van der Waals surface area contributed by atoms with E-state index >= 15 is 0 Å². The van der Waals surface area contributed by atoms with Crippen molar-refractivity contribution in [3.63, 3.8) is 0 Å². The van der Waals surface area contributed by atoms with Crippen molar-refractivity contribution in [3.8, 4) is 0 Å². The van der Waals surface area contributed by atoms with E-state index in [1.54, 1.807) is 0 Å². The second kappa shape index (κ2) is 3.54. The van der Waals surface area contributed by atoms with Crippen molar-refractivity contribution in [1.29, 1.82) is 0 Å². The number of carboxylic acid groups (broad SMARTS) is 1. The summed E-state index contributed by atoms with van der Waals surface area (Å²) in [5.74, 6) is -0.572. The number of rotatable bonds is 2. The van der Waals surface area contributed by atoms with E-state index in [2.05, 4.69) is 11.8 Å². The van der Waals surface area contributed by atoms with Crippen LogP contribution in [0.5, 0.6) is 0 Å². The first-order valence-electron chi connectivity index (χ1n) is 5.65. The highest BCUT2D eigenvalue weighted by molar-refractivity contribution is 5.75. The first-order valence-corrected chi connectivity index (χ1v) is 5.65. The minimum absolute atomic E-state index is 0.399. The summed E-state index contributed by atoms with van der Waals surface area (Å²) < 4.78 is 0. The van der Waals surface area contributed by atoms with Crippen LogP contribution in [0.25, 0.3) is 0 Å². The maximum Gasteiger partial charge on any atom is 0.310 e. The van der Waals surface area contributed by atoms with Crippen molar-refractivity contribution in [3.05, 3.63) is 0 Å². The van der Waals surface area contributed by atoms with E-state index in [9.17, 15) is 9.90 Å². The van der Waals surface area contributed by atoms with Gasteiger partial charge in [0.25, 0.3) is 0 Å². The molecule has 14 heavy (non-hydrogen) atoms. The van der Waals surface area contributed by atoms with E-state index in [-0.39, 0.29) is 0 Å². The van der Waals surface area contributed by atoms with Crippen LogP contribution in [0.15, 0.2) is 0 Å². The quantitative estimate of drug-likeness (QED) is 0.733. The van der Waals surface area contributed by atoms with Gasteiger partial charge < -0.3 is 5.11 Å². The second-order valence-electron chi connectivity index (χ2n) is 4.76. The fraction of sp³-hybridized carbons (Fsp3) is 0.909. The zero-order valence-electron chi connectivity index (χ0n) is 8.83. The Bertz CT molecular complexity index is 241. The van der Waals surface area contributed by atoms with Crippen LogP contribution in [0.4, 0.5) is 0 Å². The third kappa shape index (κ3) is 1.44. The highest BCUT2D eigenvalue weighted by atomic mass is 16.4. The molecule has 2 saturated heterocycles. The lowest BCUT2D eigenvalue weighted by Gasteiger charge is -2.48. The number of hydrogen-bond acceptors (Lipinski definition) is 2. The average molecular weight is 197 g/mol. The first kappa shape index (κ1) is 9.97. The Hall–Kier alpha value is -0.570. The van der Waals surface area contributed by atoms with Crippen LogP contribution in [0.3, 0.4) is 0 Å². The smallest absolute Gasteiger partial charge is 0.310 e. The summed E-state index contributed by atoms with van der Waals surface area (Å²) in [7, 11) is 0. The molecule has 2 aliphatic heterocycles. The Morgan fingerprint density at radius 2 is 2.36 bits per heavy atom. The van der Waals surface area contributed by atoms with Crippen molar-refractivity contribution in [1.82, 2.24) is 4.90 Å². The van der Waals surface area contributed by atoms with Gasteiger partial charge in [-0.3, -0.25) is 9.69 Å². The number of aliphatic carboxylic acids is 1. The average Bonchev–Trinajstić information content (AvgIpc) is 2.18. The molecule has 2 fully saturated rings. The van der Waals surface area contributed by atoms with E-state index in [1.165, 1.54) is 0 Å². The van der Waals surface area contributed by atoms with Crippen molar-refractivity contribution in [2.75, 3.05) is 13.1 Å². The molecule has 0 radical (unpaired) electrons. The molecule has 2 heterocycles. The molecule has 2 rings (SSSR count). The number of carboxylic acids is 1. The first-order chi connectivity index (χ1) is 6.68. The van der Waals surface area contributed by atoms with Gasteiger partial charge >= 0.3 is 5.97 Å². The van der Waals surface area contributed by atoms with Gasteiger partial charge in [-0.1, -0.05) is 6.92 Å². The van der Waals surface area contributed by atoms with Crippen LogP contribution >= 0.6 is 0 Å². The molecule has 80 valence electrons. The predicted octanol–water partition coefficient (Wildman–Crippen LogP) is 1.73. The van der Waals surface area contributed by atoms with E-state index in [1.807, 2.05) is 0 Å². The second-order valence-corrected chi connectivity index (χ2v) is 4.76. The van der Waals surface area contributed by atoms with Gasteiger partial charge in [0.05, 0.1) is 5.41 Å². The number of fused-ring (bicyclic) bond motifs is 2. The van der Waals surface area contributed by atoms with Crippen LogP contribution in [0, 0.1) is 5.41 Å². The van der Waals surface area contributed by atoms with Gasteiger partial charge in [-0.25, -0.2) is 0 Å². The zero-order valence-corrected chi connectivity index (χ0v) is 8.83. The Morgan fingerprint density at radius 3 is 3.00 bits per heavy atom. The molecule has 0 aromatic rings. The maximum absolute atomic E-state index is 11.3. The molecule has 3 unspecified atom stereocenters. The van der Waals surface area contributed by atoms with Gasteiger partial charge in [0.15, 0.2) is 0 Å². The molecule has 1 N–H and O–H groups in total. The van der Waals surface area contributed by atoms with Gasteiger partial charge in [0.1, 0.15) is 0 Å². The molecule has 2 bridgehead atoms. The number of carbonyl (C=O) groups is 1. The summed E-state index contributed by atoms with van der Waals surface area (Å²) in [6, 6.07) is 0.641. The van der Waals surface area contributed by atoms with Crippen molar-refractivity contribution in [2.45, 2.75) is 45.1 Å². The summed E-state index contributed by atoms with van der Waals surface area (Å²) in [5, 5.41) is 9.27. The lowest BCUT2D eigenvalue weighted by molar-refractivity contribution is -0.157. The van der Waals surface area contributed by atoms with Crippen molar-refractivity contribution >= 4 is 5.97 Å². The Morgan fingerprint density at radius 1 is 1.57 bits per heavy atom. The summed E-state index contributed by atoms with van der Waals surface area (Å²) in [4.78, 5) is 13.6. The van der Waals surface area contributed by atoms with E-state index in [4.69, 9.17) is 0 Å². The highest BCUT2D eigenvalue weighted by Crippen LogP contribution is 2.41. The molecule has 3 heteroatoms. The molecule has 0 spiro atoms. The van der Waals surface area contributed by atoms with Crippen LogP contribution in [0.2, 0.25) is 0 Å². The number of nitrogens with zero attached hydrogens (tertiary/aromatic N) is 1. The maximum atomic E-state index is 11.3. The molecule has 0 saturated carbocycles. The molecule has 0 aliphatic carbocycles. The molecule has 3 nitrogen and oxygen atoms in total. The summed E-state index contributed by atoms with van der Waals surface area (Å²) in [6.45, 7) is 4.10. The molecule has 0 amide bonds. The lowest BCUT2D eigenvalue weighted by atomic mass is 9.71. The standard InChI is InChI=1S/C11H19NO2/c1-2-9-4-6-11(10(13)14)5-3-7-12(9)8-11/h9H,2-8H2,1H3,(H,13,14). The van der Waals surface area contributed by atoms with Crippen LogP contribution in [-0.2, 0) is 4.79 Å². The molecular formula is C11H19NO2. The highest BCUT2D eigenvalue weighted by Gasteiger charge is 2.46. The number of piperidine rings is 2. The van der Waals surface area contributed by atoms with Crippen molar-refractivity contribution < 1.29 is 9.90 Å². The van der Waals surface area contributed by atoms with Gasteiger partial charge in [-0.15, -0.1) is 0 Å². The molecule has 2 aliphatic rings. The van der Waals surface area contributed by atoms with Gasteiger partial charge in [-0.05, 0) is 38.6 Å². The third-order valence-electron chi connectivity index (χ3n) is 4.00. The largest absolute Gasteiger partial charge is 0.481 e. The Labute approximate surface area is 85.1 Å². The minimum atomic E-state index is -0.572. The third-order valence-corrected chi connectivity index (χ3v) is 4.00. The summed E-state index contributed by atoms with van der Waals surface area (Å²) in [5.41, 5.74) is -0.399. The topological polar surface area (TPSA) is 40.5 Å². The van der Waals surface area contributed by atoms with Crippen molar-refractivity contribution in [2.24, 2.45) is 5.41 Å². The van der Waals surface area contributed by atoms with E-state index in [0.717, 1.165) is 45.2 Å². The summed E-state index contributed by atoms with van der Waals surface area (Å²) >= 11 is 0. The monoisotopic (exact) mass is 197 g/mol. The van der Waals surface area contributed by atoms with Gasteiger partial charge in [0, 0.05) is 12.6 Å². The van der Waals surface area contributed by atoms with Crippen LogP contribution < -0.4 is 0 Å². The fourth-order valence-corrected chi connectivity index (χ4v) is 3.05. The predicted molar refractivity (Wildman–Crippen MR) is 54.2 cm³/mol. The van der Waals surface area contributed by atoms with Gasteiger partial charge in [0.2, 0.25) is 0 Å². The number of hydrogen-bond donors (Lipinski definition) is 1. The molecule has 0 aromatic heterocycles. The van der Waals surface area contributed by atoms with E-state index < -0.39 is 11.4 Å². The molecular weight excluding hydrogens is 178 g/mol. The minimum Gasteiger partial charge on any atom is -0.481 e. The Balaban J connectivity index is 2.14. The van der Waals surface area contributed by atoms with Crippen LogP contribution in [-0.4, -0.2) is 35.1 Å². The molecule has 0 aromatic carbocycles. The molecule has 3 atom stereocenters. The normalized spacial score (nSPS) is 42.1. The Kier molecular flexibility index (Phi) is 2.52.